The molecule has 1 aromatic heterocycles. The molecular weight excluding hydrogens is 268 g/mol. The summed E-state index contributed by atoms with van der Waals surface area (Å²) < 4.78 is 0. The molecule has 3 aromatic rings. The highest BCUT2D eigenvalue weighted by atomic mass is 14.7. The van der Waals surface area contributed by atoms with Gasteiger partial charge in [0, 0.05) is 16.6 Å². The molecule has 2 nitrogen and oxygen atoms in total. The minimum absolute atomic E-state index is 1.01. The maximum atomic E-state index is 3.97. The molecule has 0 amide bonds. The van der Waals surface area contributed by atoms with Crippen LogP contribution < -0.4 is 5.73 Å². The molecule has 0 atom stereocenters. The average Bonchev–Trinajstić information content (AvgIpc) is 2.87. The van der Waals surface area contributed by atoms with Crippen LogP contribution in [0.1, 0.15) is 29.5 Å². The van der Waals surface area contributed by atoms with E-state index in [1.54, 1.807) is 0 Å². The largest absolute Gasteiger partial charge is 0.358 e. The number of rotatable bonds is 5. The van der Waals surface area contributed by atoms with E-state index in [2.05, 4.69) is 67.0 Å². The second-order valence-corrected chi connectivity index (χ2v) is 6.16. The van der Waals surface area contributed by atoms with Gasteiger partial charge < -0.3 is 10.7 Å². The van der Waals surface area contributed by atoms with Crippen LogP contribution in [0.25, 0.3) is 22.2 Å². The minimum atomic E-state index is 1.01. The van der Waals surface area contributed by atoms with Crippen molar-refractivity contribution in [2.45, 2.75) is 33.1 Å². The monoisotopic (exact) mass is 293 g/mol. The summed E-state index contributed by atoms with van der Waals surface area (Å²) in [6.45, 7) is 5.40. The number of unbranched alkanes of at least 4 members (excludes halogenated alkanes) is 1. The Morgan fingerprint density at radius 1 is 1.00 bits per heavy atom. The molecule has 0 spiro atoms. The van der Waals surface area contributed by atoms with Crippen LogP contribution in [0.3, 0.4) is 0 Å². The van der Waals surface area contributed by atoms with Crippen LogP contribution in [0.2, 0.25) is 0 Å². The molecule has 4 N–H and O–H groups in total. The highest BCUT2D eigenvalue weighted by Gasteiger charge is 2.15. The molecule has 2 aromatic carbocycles. The highest BCUT2D eigenvalue weighted by Crippen LogP contribution is 2.34. The molecule has 0 radical (unpaired) electrons. The van der Waals surface area contributed by atoms with Crippen LogP contribution in [-0.4, -0.2) is 11.5 Å². The van der Waals surface area contributed by atoms with Gasteiger partial charge in [0.25, 0.3) is 0 Å². The van der Waals surface area contributed by atoms with Gasteiger partial charge in [0.1, 0.15) is 0 Å². The van der Waals surface area contributed by atoms with Crippen molar-refractivity contribution in [2.75, 3.05) is 6.54 Å². The van der Waals surface area contributed by atoms with Crippen LogP contribution in [0.4, 0.5) is 0 Å². The van der Waals surface area contributed by atoms with Crippen molar-refractivity contribution in [3.8, 4) is 11.3 Å². The fraction of sp³-hybridized carbons (Fsp3) is 0.300. The van der Waals surface area contributed by atoms with Gasteiger partial charge in [0.05, 0.1) is 6.54 Å². The average molecular weight is 293 g/mol. The maximum absolute atomic E-state index is 3.97. The summed E-state index contributed by atoms with van der Waals surface area (Å²) in [6, 6.07) is 15.2. The first-order chi connectivity index (χ1) is 10.7. The number of quaternary nitrogens is 1. The van der Waals surface area contributed by atoms with Gasteiger partial charge in [-0.15, -0.1) is 0 Å². The lowest BCUT2D eigenvalue weighted by molar-refractivity contribution is -0.368. The molecule has 0 saturated carbocycles. The van der Waals surface area contributed by atoms with E-state index in [1.165, 1.54) is 51.7 Å². The summed E-state index contributed by atoms with van der Waals surface area (Å²) in [7, 11) is 0. The Morgan fingerprint density at radius 2 is 1.77 bits per heavy atom. The summed E-state index contributed by atoms with van der Waals surface area (Å²) in [4.78, 5) is 3.67. The summed E-state index contributed by atoms with van der Waals surface area (Å²) in [5, 5.41) is 1.41. The zero-order valence-electron chi connectivity index (χ0n) is 13.6. The lowest BCUT2D eigenvalue weighted by Gasteiger charge is -2.06. The molecule has 0 fully saturated rings. The number of fused-ring (bicyclic) bond motifs is 1. The van der Waals surface area contributed by atoms with E-state index in [0.717, 1.165) is 13.0 Å². The number of nitrogens with one attached hydrogen (secondary N) is 1. The van der Waals surface area contributed by atoms with Gasteiger partial charge in [-0.2, -0.15) is 0 Å². The number of benzene rings is 2. The molecule has 0 aliphatic heterocycles. The van der Waals surface area contributed by atoms with Crippen LogP contribution >= 0.6 is 0 Å². The van der Waals surface area contributed by atoms with Crippen molar-refractivity contribution in [2.24, 2.45) is 0 Å². The summed E-state index contributed by atoms with van der Waals surface area (Å²) >= 11 is 0. The molecule has 1 heterocycles. The van der Waals surface area contributed by atoms with Crippen molar-refractivity contribution in [3.05, 3.63) is 59.2 Å². The molecule has 2 heteroatoms. The Hall–Kier alpha value is -2.06. The van der Waals surface area contributed by atoms with Gasteiger partial charge in [0.2, 0.25) is 0 Å². The topological polar surface area (TPSA) is 43.4 Å². The maximum Gasteiger partial charge on any atom is 0.0739 e. The second kappa shape index (κ2) is 6.37. The van der Waals surface area contributed by atoms with E-state index < -0.39 is 0 Å². The third-order valence-corrected chi connectivity index (χ3v) is 4.33. The fourth-order valence-electron chi connectivity index (χ4n) is 3.38. The molecule has 0 saturated heterocycles. The highest BCUT2D eigenvalue weighted by molar-refractivity contribution is 5.93. The summed E-state index contributed by atoms with van der Waals surface area (Å²) in [5.74, 6) is 0. The van der Waals surface area contributed by atoms with Crippen molar-refractivity contribution in [1.82, 2.24) is 4.98 Å². The standard InChI is InChI=1S/C20H24N2/c1-14-12-15(2)19-17(10-6-7-11-21)20(22-18(19)13-14)16-8-4-3-5-9-16/h3-5,8-9,12-13,22H,6-7,10-11,21H2,1-2H3/p+1. The van der Waals surface area contributed by atoms with Crippen LogP contribution in [0.15, 0.2) is 42.5 Å². The van der Waals surface area contributed by atoms with E-state index in [4.69, 9.17) is 0 Å². The van der Waals surface area contributed by atoms with Gasteiger partial charge in [0.15, 0.2) is 0 Å². The first-order valence-electron chi connectivity index (χ1n) is 8.17. The zero-order chi connectivity index (χ0) is 15.5. The molecule has 3 rings (SSSR count). The van der Waals surface area contributed by atoms with E-state index in [0.29, 0.717) is 0 Å². The fourth-order valence-corrected chi connectivity index (χ4v) is 3.38. The summed E-state index contributed by atoms with van der Waals surface area (Å²) in [5.41, 5.74) is 12.0. The van der Waals surface area contributed by atoms with Gasteiger partial charge in [-0.3, -0.25) is 0 Å². The summed E-state index contributed by atoms with van der Waals surface area (Å²) in [6.07, 6.45) is 3.50. The van der Waals surface area contributed by atoms with Crippen molar-refractivity contribution in [3.63, 3.8) is 0 Å². The van der Waals surface area contributed by atoms with E-state index in [9.17, 15) is 0 Å². The molecule has 22 heavy (non-hydrogen) atoms. The van der Waals surface area contributed by atoms with E-state index in [-0.39, 0.29) is 0 Å². The quantitative estimate of drug-likeness (QED) is 0.667. The number of hydrogen-bond donors (Lipinski definition) is 2. The number of aryl methyl sites for hydroxylation is 3. The lowest BCUT2D eigenvalue weighted by atomic mass is 9.97. The molecular formula is C20H25N2+. The van der Waals surface area contributed by atoms with Crippen molar-refractivity contribution < 1.29 is 5.73 Å². The number of hydrogen-bond acceptors (Lipinski definition) is 0. The van der Waals surface area contributed by atoms with Gasteiger partial charge >= 0.3 is 0 Å². The SMILES string of the molecule is Cc1cc(C)c2c(CCCC[NH3+])c(-c3ccccc3)[nH]c2c1. The smallest absolute Gasteiger partial charge is 0.0739 e. The first-order valence-corrected chi connectivity index (χ1v) is 8.17. The Labute approximate surface area is 132 Å². The number of aromatic nitrogens is 1. The van der Waals surface area contributed by atoms with Crippen LogP contribution in [0.5, 0.6) is 0 Å². The van der Waals surface area contributed by atoms with E-state index in [1.807, 2.05) is 0 Å². The molecule has 114 valence electrons. The Morgan fingerprint density at radius 3 is 2.50 bits per heavy atom. The van der Waals surface area contributed by atoms with Crippen LogP contribution in [0, 0.1) is 13.8 Å². The Bertz CT molecular complexity index is 769. The predicted octanol–water partition coefficient (Wildman–Crippen LogP) is 4.02. The molecule has 0 unspecified atom stereocenters. The third-order valence-electron chi connectivity index (χ3n) is 4.33. The third kappa shape index (κ3) is 2.79. The Kier molecular flexibility index (Phi) is 4.30. The minimum Gasteiger partial charge on any atom is -0.358 e. The second-order valence-electron chi connectivity index (χ2n) is 6.16. The van der Waals surface area contributed by atoms with Gasteiger partial charge in [-0.05, 0) is 61.4 Å². The van der Waals surface area contributed by atoms with Crippen LogP contribution in [-0.2, 0) is 6.42 Å². The normalized spacial score (nSPS) is 11.2. The predicted molar refractivity (Wildman–Crippen MR) is 93.9 cm³/mol. The molecule has 0 bridgehead atoms. The Balaban J connectivity index is 2.17. The number of aromatic amines is 1. The van der Waals surface area contributed by atoms with Gasteiger partial charge in [-0.1, -0.05) is 36.4 Å². The van der Waals surface area contributed by atoms with Crippen molar-refractivity contribution in [1.29, 1.82) is 0 Å². The zero-order valence-corrected chi connectivity index (χ0v) is 13.6. The van der Waals surface area contributed by atoms with Crippen molar-refractivity contribution >= 4 is 10.9 Å². The molecule has 0 aliphatic rings. The molecule has 0 aliphatic carbocycles. The lowest BCUT2D eigenvalue weighted by Crippen LogP contribution is -2.50. The van der Waals surface area contributed by atoms with E-state index >= 15 is 0 Å². The van der Waals surface area contributed by atoms with Gasteiger partial charge in [-0.25, -0.2) is 0 Å². The number of H-pyrrole nitrogens is 1. The first kappa shape index (κ1) is 14.9.